The van der Waals surface area contributed by atoms with Crippen molar-refractivity contribution in [1.82, 2.24) is 0 Å². The Labute approximate surface area is 69.4 Å². The maximum absolute atomic E-state index is 5.67. The minimum Gasteiger partial charge on any atom is -0.318 e. The van der Waals surface area contributed by atoms with Gasteiger partial charge in [-0.1, -0.05) is 38.0 Å². The molecule has 1 aliphatic rings. The molecular formula is C10H17N. The molecule has 62 valence electrons. The third-order valence-corrected chi connectivity index (χ3v) is 2.53. The third kappa shape index (κ3) is 2.95. The fraction of sp³-hybridized carbons (Fsp3) is 0.800. The molecule has 1 nitrogen and oxygen atoms in total. The zero-order chi connectivity index (χ0) is 8.10. The fourth-order valence-corrected chi connectivity index (χ4v) is 1.85. The maximum Gasteiger partial charge on any atom is 0.0664 e. The van der Waals surface area contributed by atoms with Gasteiger partial charge in [0.2, 0.25) is 0 Å². The summed E-state index contributed by atoms with van der Waals surface area (Å²) < 4.78 is 0. The van der Waals surface area contributed by atoms with Crippen molar-refractivity contribution < 1.29 is 0 Å². The van der Waals surface area contributed by atoms with E-state index in [1.54, 1.807) is 0 Å². The largest absolute Gasteiger partial charge is 0.318 e. The van der Waals surface area contributed by atoms with Crippen LogP contribution in [-0.4, -0.2) is 6.04 Å². The Hall–Kier alpha value is -0.480. The Morgan fingerprint density at radius 3 is 2.55 bits per heavy atom. The number of hydrogen-bond acceptors (Lipinski definition) is 1. The molecule has 1 atom stereocenters. The van der Waals surface area contributed by atoms with Gasteiger partial charge in [-0.25, -0.2) is 0 Å². The lowest BCUT2D eigenvalue weighted by Crippen LogP contribution is -2.22. The van der Waals surface area contributed by atoms with Crippen LogP contribution in [0.15, 0.2) is 0 Å². The second-order valence-corrected chi connectivity index (χ2v) is 3.51. The highest BCUT2D eigenvalue weighted by molar-refractivity contribution is 4.97. The summed E-state index contributed by atoms with van der Waals surface area (Å²) in [6, 6.07) is -0.00176. The van der Waals surface area contributed by atoms with Crippen LogP contribution in [-0.2, 0) is 0 Å². The molecule has 0 saturated heterocycles. The lowest BCUT2D eigenvalue weighted by atomic mass is 9.85. The molecule has 0 aromatic rings. The lowest BCUT2D eigenvalue weighted by molar-refractivity contribution is 0.332. The van der Waals surface area contributed by atoms with E-state index in [-0.39, 0.29) is 6.04 Å². The highest BCUT2D eigenvalue weighted by Gasteiger charge is 2.15. The summed E-state index contributed by atoms with van der Waals surface area (Å²) >= 11 is 0. The second kappa shape index (κ2) is 4.41. The quantitative estimate of drug-likeness (QED) is 0.599. The van der Waals surface area contributed by atoms with Crippen LogP contribution in [0.1, 0.15) is 38.5 Å². The molecule has 0 bridgehead atoms. The average Bonchev–Trinajstić information content (AvgIpc) is 2.06. The van der Waals surface area contributed by atoms with Crippen molar-refractivity contribution in [3.8, 4) is 12.3 Å². The van der Waals surface area contributed by atoms with Crippen molar-refractivity contribution >= 4 is 0 Å². The van der Waals surface area contributed by atoms with Crippen LogP contribution >= 0.6 is 0 Å². The molecular weight excluding hydrogens is 134 g/mol. The van der Waals surface area contributed by atoms with Gasteiger partial charge in [-0.2, -0.15) is 0 Å². The SMILES string of the molecule is C#C[C@@H](N)CC1CCCCC1. The molecule has 1 fully saturated rings. The van der Waals surface area contributed by atoms with E-state index >= 15 is 0 Å². The highest BCUT2D eigenvalue weighted by Crippen LogP contribution is 2.26. The molecule has 1 aliphatic carbocycles. The Balaban J connectivity index is 2.20. The van der Waals surface area contributed by atoms with Gasteiger partial charge >= 0.3 is 0 Å². The van der Waals surface area contributed by atoms with Gasteiger partial charge in [-0.3, -0.25) is 0 Å². The first kappa shape index (κ1) is 8.62. The molecule has 0 radical (unpaired) electrons. The number of terminal acetylenes is 1. The molecule has 0 unspecified atom stereocenters. The molecule has 0 aromatic carbocycles. The summed E-state index contributed by atoms with van der Waals surface area (Å²) in [5.41, 5.74) is 5.67. The monoisotopic (exact) mass is 151 g/mol. The summed E-state index contributed by atoms with van der Waals surface area (Å²) in [4.78, 5) is 0. The number of hydrogen-bond donors (Lipinski definition) is 1. The second-order valence-electron chi connectivity index (χ2n) is 3.51. The first-order chi connectivity index (χ1) is 5.33. The van der Waals surface area contributed by atoms with Crippen LogP contribution in [0, 0.1) is 18.3 Å². The summed E-state index contributed by atoms with van der Waals surface area (Å²) in [7, 11) is 0. The summed E-state index contributed by atoms with van der Waals surface area (Å²) in [6.45, 7) is 0. The van der Waals surface area contributed by atoms with E-state index in [9.17, 15) is 0 Å². The molecule has 0 heterocycles. The first-order valence-corrected chi connectivity index (χ1v) is 4.54. The van der Waals surface area contributed by atoms with Gasteiger partial charge in [0.15, 0.2) is 0 Å². The van der Waals surface area contributed by atoms with E-state index in [4.69, 9.17) is 12.2 Å². The average molecular weight is 151 g/mol. The van der Waals surface area contributed by atoms with Gasteiger partial charge in [-0.15, -0.1) is 6.42 Å². The lowest BCUT2D eigenvalue weighted by Gasteiger charge is -2.22. The van der Waals surface area contributed by atoms with Crippen LogP contribution < -0.4 is 5.73 Å². The molecule has 0 spiro atoms. The van der Waals surface area contributed by atoms with Crippen LogP contribution in [0.2, 0.25) is 0 Å². The summed E-state index contributed by atoms with van der Waals surface area (Å²) in [5.74, 6) is 3.40. The molecule has 0 aliphatic heterocycles. The molecule has 0 aromatic heterocycles. The van der Waals surface area contributed by atoms with Crippen LogP contribution in [0.25, 0.3) is 0 Å². The molecule has 2 N–H and O–H groups in total. The van der Waals surface area contributed by atoms with Crippen molar-refractivity contribution in [2.24, 2.45) is 11.7 Å². The van der Waals surface area contributed by atoms with E-state index in [0.29, 0.717) is 0 Å². The zero-order valence-corrected chi connectivity index (χ0v) is 7.05. The van der Waals surface area contributed by atoms with Gasteiger partial charge in [0.25, 0.3) is 0 Å². The molecule has 1 saturated carbocycles. The van der Waals surface area contributed by atoms with E-state index in [1.807, 2.05) is 0 Å². The standard InChI is InChI=1S/C10H17N/c1-2-10(11)8-9-6-4-3-5-7-9/h1,9-10H,3-8,11H2/t10-/m1/s1. The molecule has 11 heavy (non-hydrogen) atoms. The number of nitrogens with two attached hydrogens (primary N) is 1. The number of rotatable bonds is 2. The molecule has 1 rings (SSSR count). The van der Waals surface area contributed by atoms with Crippen molar-refractivity contribution in [2.45, 2.75) is 44.6 Å². The predicted octanol–water partition coefficient (Wildman–Crippen LogP) is 1.92. The van der Waals surface area contributed by atoms with Crippen LogP contribution in [0.5, 0.6) is 0 Å². The van der Waals surface area contributed by atoms with Crippen molar-refractivity contribution in [1.29, 1.82) is 0 Å². The zero-order valence-electron chi connectivity index (χ0n) is 7.05. The Kier molecular flexibility index (Phi) is 3.45. The van der Waals surface area contributed by atoms with Crippen LogP contribution in [0.4, 0.5) is 0 Å². The van der Waals surface area contributed by atoms with E-state index in [1.165, 1.54) is 32.1 Å². The normalized spacial score (nSPS) is 22.5. The van der Waals surface area contributed by atoms with Crippen LogP contribution in [0.3, 0.4) is 0 Å². The smallest absolute Gasteiger partial charge is 0.0664 e. The van der Waals surface area contributed by atoms with Crippen molar-refractivity contribution in [3.05, 3.63) is 0 Å². The van der Waals surface area contributed by atoms with Gasteiger partial charge in [-0.05, 0) is 12.3 Å². The van der Waals surface area contributed by atoms with Gasteiger partial charge in [0, 0.05) is 0 Å². The minimum absolute atomic E-state index is 0.00176. The van der Waals surface area contributed by atoms with Crippen molar-refractivity contribution in [3.63, 3.8) is 0 Å². The first-order valence-electron chi connectivity index (χ1n) is 4.54. The molecule has 1 heteroatoms. The van der Waals surface area contributed by atoms with Gasteiger partial charge in [0.05, 0.1) is 6.04 Å². The van der Waals surface area contributed by atoms with Gasteiger partial charge in [0.1, 0.15) is 0 Å². The highest BCUT2D eigenvalue weighted by atomic mass is 14.6. The predicted molar refractivity (Wildman–Crippen MR) is 48.0 cm³/mol. The summed E-state index contributed by atoms with van der Waals surface area (Å²) in [6.07, 6.45) is 13.1. The third-order valence-electron chi connectivity index (χ3n) is 2.53. The van der Waals surface area contributed by atoms with E-state index < -0.39 is 0 Å². The van der Waals surface area contributed by atoms with E-state index in [2.05, 4.69) is 5.92 Å². The minimum atomic E-state index is -0.00176. The Morgan fingerprint density at radius 2 is 2.00 bits per heavy atom. The topological polar surface area (TPSA) is 26.0 Å². The Bertz CT molecular complexity index is 139. The molecule has 0 amide bonds. The van der Waals surface area contributed by atoms with E-state index in [0.717, 1.165) is 12.3 Å². The summed E-state index contributed by atoms with van der Waals surface area (Å²) in [5, 5.41) is 0. The fourth-order valence-electron chi connectivity index (χ4n) is 1.85. The van der Waals surface area contributed by atoms with Gasteiger partial charge < -0.3 is 5.73 Å². The maximum atomic E-state index is 5.67. The van der Waals surface area contributed by atoms with Crippen molar-refractivity contribution in [2.75, 3.05) is 0 Å². The Morgan fingerprint density at radius 1 is 1.36 bits per heavy atom.